The van der Waals surface area contributed by atoms with Gasteiger partial charge in [-0.15, -0.1) is 0 Å². The van der Waals surface area contributed by atoms with Crippen molar-refractivity contribution in [3.63, 3.8) is 0 Å². The van der Waals surface area contributed by atoms with E-state index < -0.39 is 11.9 Å². The van der Waals surface area contributed by atoms with Crippen molar-refractivity contribution in [1.82, 2.24) is 0 Å². The zero-order valence-corrected chi connectivity index (χ0v) is 12.3. The van der Waals surface area contributed by atoms with Crippen LogP contribution in [0.4, 0.5) is 10.1 Å². The molecule has 21 heavy (non-hydrogen) atoms. The number of aliphatic hydroxyl groups excluding tert-OH is 1. The fourth-order valence-corrected chi connectivity index (χ4v) is 2.40. The molecule has 0 fully saturated rings. The monoisotopic (exact) mass is 324 g/mol. The van der Waals surface area contributed by atoms with Crippen LogP contribution in [0.1, 0.15) is 17.2 Å². The molecule has 0 aliphatic rings. The molecule has 2 N–H and O–H groups in total. The highest BCUT2D eigenvalue weighted by Gasteiger charge is 2.12. The maximum absolute atomic E-state index is 13.1. The first kappa shape index (κ1) is 15.6. The Kier molecular flexibility index (Phi) is 5.03. The molecule has 2 aromatic carbocycles. The maximum Gasteiger partial charge on any atom is 0.126 e. The van der Waals surface area contributed by atoms with Gasteiger partial charge in [0.1, 0.15) is 5.82 Å². The summed E-state index contributed by atoms with van der Waals surface area (Å²) < 4.78 is 13.1. The van der Waals surface area contributed by atoms with Crippen molar-refractivity contribution in [1.29, 1.82) is 5.26 Å². The highest BCUT2D eigenvalue weighted by molar-refractivity contribution is 6.39. The molecule has 0 amide bonds. The van der Waals surface area contributed by atoms with E-state index in [1.165, 1.54) is 0 Å². The maximum atomic E-state index is 13.1. The number of rotatable bonds is 4. The summed E-state index contributed by atoms with van der Waals surface area (Å²) in [7, 11) is 0. The Labute approximate surface area is 131 Å². The smallest absolute Gasteiger partial charge is 0.126 e. The number of nitrogens with zero attached hydrogens (tertiary/aromatic N) is 1. The van der Waals surface area contributed by atoms with Crippen molar-refractivity contribution in [3.8, 4) is 6.07 Å². The van der Waals surface area contributed by atoms with Crippen molar-refractivity contribution in [2.45, 2.75) is 6.10 Å². The highest BCUT2D eigenvalue weighted by Crippen LogP contribution is 2.31. The molecule has 0 aliphatic carbocycles. The molecule has 1 atom stereocenters. The molecule has 6 heteroatoms. The minimum absolute atomic E-state index is 0.145. The Morgan fingerprint density at radius 2 is 1.76 bits per heavy atom. The zero-order valence-electron chi connectivity index (χ0n) is 10.8. The average Bonchev–Trinajstić information content (AvgIpc) is 2.46. The van der Waals surface area contributed by atoms with E-state index in [0.717, 1.165) is 12.1 Å². The summed E-state index contributed by atoms with van der Waals surface area (Å²) in [5.41, 5.74) is 1.53. The van der Waals surface area contributed by atoms with Gasteiger partial charge in [0.05, 0.1) is 33.5 Å². The predicted octanol–water partition coefficient (Wildman–Crippen LogP) is 4.15. The molecule has 108 valence electrons. The third kappa shape index (κ3) is 3.85. The van der Waals surface area contributed by atoms with Gasteiger partial charge < -0.3 is 10.4 Å². The van der Waals surface area contributed by atoms with Gasteiger partial charge in [-0.25, -0.2) is 4.39 Å². The number of hydrogen-bond donors (Lipinski definition) is 2. The Morgan fingerprint density at radius 3 is 2.29 bits per heavy atom. The van der Waals surface area contributed by atoms with Gasteiger partial charge in [0.25, 0.3) is 0 Å². The van der Waals surface area contributed by atoms with Gasteiger partial charge in [-0.1, -0.05) is 35.3 Å². The largest absolute Gasteiger partial charge is 0.387 e. The summed E-state index contributed by atoms with van der Waals surface area (Å²) in [5.74, 6) is -0.525. The van der Waals surface area contributed by atoms with Gasteiger partial charge in [0.2, 0.25) is 0 Å². The zero-order chi connectivity index (χ0) is 15.4. The topological polar surface area (TPSA) is 56.0 Å². The lowest BCUT2D eigenvalue weighted by Gasteiger charge is -2.15. The van der Waals surface area contributed by atoms with E-state index in [-0.39, 0.29) is 16.6 Å². The van der Waals surface area contributed by atoms with Gasteiger partial charge in [-0.2, -0.15) is 5.26 Å². The molecule has 0 saturated carbocycles. The molecule has 0 aromatic heterocycles. The van der Waals surface area contributed by atoms with Crippen LogP contribution < -0.4 is 5.32 Å². The SMILES string of the molecule is N#Cc1ccc(C(O)CNc2c(Cl)cc(F)cc2Cl)cc1. The number of anilines is 1. The molecule has 2 aromatic rings. The lowest BCUT2D eigenvalue weighted by molar-refractivity contribution is 0.191. The Bertz CT molecular complexity index is 660. The van der Waals surface area contributed by atoms with E-state index in [1.54, 1.807) is 24.3 Å². The first-order valence-electron chi connectivity index (χ1n) is 6.08. The molecule has 0 heterocycles. The van der Waals surface area contributed by atoms with E-state index in [0.29, 0.717) is 16.8 Å². The summed E-state index contributed by atoms with van der Waals surface area (Å²) in [4.78, 5) is 0. The lowest BCUT2D eigenvalue weighted by atomic mass is 10.1. The molecular formula is C15H11Cl2FN2O. The van der Waals surface area contributed by atoms with Crippen LogP contribution >= 0.6 is 23.2 Å². The van der Waals surface area contributed by atoms with Crippen molar-refractivity contribution < 1.29 is 9.50 Å². The molecule has 1 unspecified atom stereocenters. The molecular weight excluding hydrogens is 314 g/mol. The normalized spacial score (nSPS) is 11.8. The van der Waals surface area contributed by atoms with Gasteiger partial charge in [-0.05, 0) is 29.8 Å². The number of halogens is 3. The summed E-state index contributed by atoms with van der Waals surface area (Å²) in [6.07, 6.45) is -0.810. The van der Waals surface area contributed by atoms with E-state index in [2.05, 4.69) is 5.32 Å². The fraction of sp³-hybridized carbons (Fsp3) is 0.133. The van der Waals surface area contributed by atoms with E-state index in [9.17, 15) is 9.50 Å². The Hall–Kier alpha value is -1.80. The van der Waals surface area contributed by atoms with Crippen molar-refractivity contribution in [2.24, 2.45) is 0 Å². The van der Waals surface area contributed by atoms with Crippen LogP contribution in [-0.4, -0.2) is 11.7 Å². The standard InChI is InChI=1S/C15H11Cl2FN2O/c16-12-5-11(18)6-13(17)15(12)20-8-14(21)10-3-1-9(7-19)2-4-10/h1-6,14,20-21H,8H2. The summed E-state index contributed by atoms with van der Waals surface area (Å²) in [6, 6.07) is 10.9. The van der Waals surface area contributed by atoms with E-state index >= 15 is 0 Å². The molecule has 2 rings (SSSR count). The summed E-state index contributed by atoms with van der Waals surface area (Å²) in [5, 5.41) is 22.0. The second-order valence-electron chi connectivity index (χ2n) is 4.37. The van der Waals surface area contributed by atoms with Crippen LogP contribution in [0.5, 0.6) is 0 Å². The minimum Gasteiger partial charge on any atom is -0.387 e. The van der Waals surface area contributed by atoms with Crippen LogP contribution in [-0.2, 0) is 0 Å². The molecule has 0 aliphatic heterocycles. The number of aliphatic hydroxyl groups is 1. The Morgan fingerprint density at radius 1 is 1.19 bits per heavy atom. The fourth-order valence-electron chi connectivity index (χ4n) is 1.81. The molecule has 0 radical (unpaired) electrons. The summed E-state index contributed by atoms with van der Waals surface area (Å²) in [6.45, 7) is 0.150. The molecule has 0 spiro atoms. The van der Waals surface area contributed by atoms with Crippen molar-refractivity contribution in [3.05, 3.63) is 63.4 Å². The van der Waals surface area contributed by atoms with E-state index in [4.69, 9.17) is 28.5 Å². The highest BCUT2D eigenvalue weighted by atomic mass is 35.5. The first-order chi connectivity index (χ1) is 10.0. The average molecular weight is 325 g/mol. The molecule has 3 nitrogen and oxygen atoms in total. The van der Waals surface area contributed by atoms with Crippen LogP contribution in [0, 0.1) is 17.1 Å². The Balaban J connectivity index is 2.07. The quantitative estimate of drug-likeness (QED) is 0.888. The van der Waals surface area contributed by atoms with Crippen molar-refractivity contribution in [2.75, 3.05) is 11.9 Å². The van der Waals surface area contributed by atoms with Crippen LogP contribution in [0.3, 0.4) is 0 Å². The second-order valence-corrected chi connectivity index (χ2v) is 5.19. The van der Waals surface area contributed by atoms with Gasteiger partial charge >= 0.3 is 0 Å². The first-order valence-corrected chi connectivity index (χ1v) is 6.83. The number of nitrogens with one attached hydrogen (secondary N) is 1. The second kappa shape index (κ2) is 6.77. The minimum atomic E-state index is -0.810. The molecule has 0 bridgehead atoms. The van der Waals surface area contributed by atoms with Gasteiger partial charge in [-0.3, -0.25) is 0 Å². The van der Waals surface area contributed by atoms with Gasteiger partial charge in [0.15, 0.2) is 0 Å². The van der Waals surface area contributed by atoms with E-state index in [1.807, 2.05) is 6.07 Å². The lowest BCUT2D eigenvalue weighted by Crippen LogP contribution is -2.12. The predicted molar refractivity (Wildman–Crippen MR) is 81.0 cm³/mol. The molecule has 0 saturated heterocycles. The third-order valence-corrected chi connectivity index (χ3v) is 3.50. The third-order valence-electron chi connectivity index (χ3n) is 2.90. The number of benzene rings is 2. The van der Waals surface area contributed by atoms with Crippen LogP contribution in [0.2, 0.25) is 10.0 Å². The summed E-state index contributed by atoms with van der Waals surface area (Å²) >= 11 is 11.8. The number of nitriles is 1. The number of hydrogen-bond acceptors (Lipinski definition) is 3. The van der Waals surface area contributed by atoms with Crippen molar-refractivity contribution >= 4 is 28.9 Å². The van der Waals surface area contributed by atoms with Gasteiger partial charge in [0, 0.05) is 6.54 Å². The van der Waals surface area contributed by atoms with Crippen LogP contribution in [0.15, 0.2) is 36.4 Å². The van der Waals surface area contributed by atoms with Crippen LogP contribution in [0.25, 0.3) is 0 Å².